The van der Waals surface area contributed by atoms with E-state index in [0.29, 0.717) is 11.3 Å². The molecule has 5 nitrogen and oxygen atoms in total. The number of hydrogen-bond donors (Lipinski definition) is 0. The van der Waals surface area contributed by atoms with E-state index in [1.165, 1.54) is 15.8 Å². The topological polar surface area (TPSA) is 51.0 Å². The quantitative estimate of drug-likeness (QED) is 0.721. The van der Waals surface area contributed by atoms with Gasteiger partial charge in [-0.25, -0.2) is 4.39 Å². The molecular formula is C20H21FN4O. The fourth-order valence-corrected chi connectivity index (χ4v) is 2.85. The Morgan fingerprint density at radius 3 is 2.54 bits per heavy atom. The Labute approximate surface area is 152 Å². The van der Waals surface area contributed by atoms with Crippen LogP contribution in [0, 0.1) is 26.6 Å². The molecule has 0 atom stereocenters. The summed E-state index contributed by atoms with van der Waals surface area (Å²) in [7, 11) is 1.63. The molecule has 0 unspecified atom stereocenters. The lowest BCUT2D eigenvalue weighted by molar-refractivity contribution is 0.0777. The van der Waals surface area contributed by atoms with Crippen LogP contribution in [0.2, 0.25) is 0 Å². The van der Waals surface area contributed by atoms with Gasteiger partial charge in [0.25, 0.3) is 5.91 Å². The lowest BCUT2D eigenvalue weighted by Gasteiger charge is -2.16. The predicted octanol–water partition coefficient (Wildman–Crippen LogP) is 3.60. The van der Waals surface area contributed by atoms with Gasteiger partial charge in [-0.05, 0) is 38.5 Å². The van der Waals surface area contributed by atoms with E-state index in [9.17, 15) is 9.18 Å². The third-order valence-electron chi connectivity index (χ3n) is 4.26. The van der Waals surface area contributed by atoms with Crippen LogP contribution < -0.4 is 0 Å². The van der Waals surface area contributed by atoms with E-state index in [-0.39, 0.29) is 24.0 Å². The number of aryl methyl sites for hydroxylation is 3. The van der Waals surface area contributed by atoms with Crippen LogP contribution in [0.4, 0.5) is 4.39 Å². The number of benzene rings is 2. The lowest BCUT2D eigenvalue weighted by atomic mass is 10.1. The summed E-state index contributed by atoms with van der Waals surface area (Å²) in [6.07, 6.45) is 0. The Morgan fingerprint density at radius 1 is 1.12 bits per heavy atom. The first-order valence-electron chi connectivity index (χ1n) is 8.37. The van der Waals surface area contributed by atoms with Gasteiger partial charge < -0.3 is 4.90 Å². The number of nitrogens with zero attached hydrogens (tertiary/aromatic N) is 4. The third-order valence-corrected chi connectivity index (χ3v) is 4.26. The summed E-state index contributed by atoms with van der Waals surface area (Å²) >= 11 is 0. The molecule has 0 saturated carbocycles. The molecule has 134 valence electrons. The highest BCUT2D eigenvalue weighted by Gasteiger charge is 2.21. The summed E-state index contributed by atoms with van der Waals surface area (Å²) in [5, 5.41) is 8.76. The second-order valence-corrected chi connectivity index (χ2v) is 6.47. The molecule has 0 N–H and O–H groups in total. The van der Waals surface area contributed by atoms with Crippen molar-refractivity contribution in [3.63, 3.8) is 0 Å². The van der Waals surface area contributed by atoms with Crippen molar-refractivity contribution < 1.29 is 9.18 Å². The molecule has 0 bridgehead atoms. The zero-order valence-corrected chi connectivity index (χ0v) is 15.3. The Hall–Kier alpha value is -3.02. The first-order valence-corrected chi connectivity index (χ1v) is 8.37. The van der Waals surface area contributed by atoms with Gasteiger partial charge in [0.15, 0.2) is 5.69 Å². The van der Waals surface area contributed by atoms with Gasteiger partial charge in [-0.3, -0.25) is 4.79 Å². The average Bonchev–Trinajstić information content (AvgIpc) is 2.97. The molecule has 0 saturated heterocycles. The molecule has 0 spiro atoms. The van der Waals surface area contributed by atoms with E-state index < -0.39 is 0 Å². The first-order chi connectivity index (χ1) is 12.4. The summed E-state index contributed by atoms with van der Waals surface area (Å²) in [5.74, 6) is -0.621. The van der Waals surface area contributed by atoms with E-state index in [1.807, 2.05) is 32.0 Å². The Morgan fingerprint density at radius 2 is 1.85 bits per heavy atom. The number of halogens is 1. The minimum atomic E-state index is -0.331. The molecule has 1 amide bonds. The standard InChI is InChI=1S/C20H21FN4O/c1-13-9-10-18(14(2)11-13)25-22-15(3)19(23-25)20(26)24(4)12-16-7-5-6-8-17(16)21/h5-11H,12H2,1-4H3. The summed E-state index contributed by atoms with van der Waals surface area (Å²) in [5.41, 5.74) is 4.27. The van der Waals surface area contributed by atoms with Crippen LogP contribution in [0.5, 0.6) is 0 Å². The number of carbonyl (C=O) groups excluding carboxylic acids is 1. The maximum absolute atomic E-state index is 13.8. The Balaban J connectivity index is 1.86. The van der Waals surface area contributed by atoms with Gasteiger partial charge in [0.1, 0.15) is 5.82 Å². The summed E-state index contributed by atoms with van der Waals surface area (Å²) in [6.45, 7) is 5.91. The molecule has 0 aliphatic carbocycles. The number of rotatable bonds is 4. The summed E-state index contributed by atoms with van der Waals surface area (Å²) < 4.78 is 13.8. The van der Waals surface area contributed by atoms with E-state index in [1.54, 1.807) is 32.2 Å². The van der Waals surface area contributed by atoms with Crippen molar-refractivity contribution in [3.8, 4) is 5.69 Å². The Kier molecular flexibility index (Phi) is 4.84. The van der Waals surface area contributed by atoms with Gasteiger partial charge in [0.05, 0.1) is 11.4 Å². The molecule has 6 heteroatoms. The Bertz CT molecular complexity index is 964. The van der Waals surface area contributed by atoms with Crippen LogP contribution in [0.1, 0.15) is 32.9 Å². The molecule has 0 radical (unpaired) electrons. The fourth-order valence-electron chi connectivity index (χ4n) is 2.85. The van der Waals surface area contributed by atoms with Crippen LogP contribution in [-0.4, -0.2) is 32.8 Å². The van der Waals surface area contributed by atoms with Crippen molar-refractivity contribution in [1.82, 2.24) is 19.9 Å². The number of aromatic nitrogens is 3. The molecule has 0 aliphatic heterocycles. The molecule has 3 aromatic rings. The molecule has 3 rings (SSSR count). The highest BCUT2D eigenvalue weighted by atomic mass is 19.1. The summed E-state index contributed by atoms with van der Waals surface area (Å²) in [4.78, 5) is 15.7. The molecule has 2 aromatic carbocycles. The minimum absolute atomic E-state index is 0.168. The zero-order chi connectivity index (χ0) is 18.8. The second kappa shape index (κ2) is 7.07. The van der Waals surface area contributed by atoms with Gasteiger partial charge in [-0.15, -0.1) is 5.10 Å². The predicted molar refractivity (Wildman–Crippen MR) is 97.8 cm³/mol. The van der Waals surface area contributed by atoms with Crippen LogP contribution in [0.15, 0.2) is 42.5 Å². The highest BCUT2D eigenvalue weighted by molar-refractivity contribution is 5.93. The van der Waals surface area contributed by atoms with Crippen molar-refractivity contribution in [1.29, 1.82) is 0 Å². The van der Waals surface area contributed by atoms with Crippen LogP contribution in [0.25, 0.3) is 5.69 Å². The fraction of sp³-hybridized carbons (Fsp3) is 0.250. The number of carbonyl (C=O) groups is 1. The molecule has 0 aliphatic rings. The van der Waals surface area contributed by atoms with Crippen molar-refractivity contribution in [3.05, 3.63) is 76.4 Å². The smallest absolute Gasteiger partial charge is 0.276 e. The maximum atomic E-state index is 13.8. The minimum Gasteiger partial charge on any atom is -0.336 e. The number of amides is 1. The maximum Gasteiger partial charge on any atom is 0.276 e. The van der Waals surface area contributed by atoms with Crippen molar-refractivity contribution >= 4 is 5.91 Å². The monoisotopic (exact) mass is 352 g/mol. The van der Waals surface area contributed by atoms with Gasteiger partial charge in [-0.2, -0.15) is 9.90 Å². The average molecular weight is 352 g/mol. The van der Waals surface area contributed by atoms with Crippen LogP contribution in [-0.2, 0) is 6.54 Å². The van der Waals surface area contributed by atoms with Crippen molar-refractivity contribution in [2.24, 2.45) is 0 Å². The van der Waals surface area contributed by atoms with Crippen LogP contribution in [0.3, 0.4) is 0 Å². The van der Waals surface area contributed by atoms with E-state index in [0.717, 1.165) is 16.8 Å². The second-order valence-electron chi connectivity index (χ2n) is 6.47. The SMILES string of the molecule is Cc1ccc(-n2nc(C)c(C(=O)N(C)Cc3ccccc3F)n2)c(C)c1. The van der Waals surface area contributed by atoms with Crippen LogP contribution >= 0.6 is 0 Å². The molecular weight excluding hydrogens is 331 g/mol. The van der Waals surface area contributed by atoms with E-state index in [2.05, 4.69) is 10.2 Å². The molecule has 1 heterocycles. The molecule has 0 fully saturated rings. The first kappa shape index (κ1) is 17.8. The third kappa shape index (κ3) is 3.49. The van der Waals surface area contributed by atoms with Crippen molar-refractivity contribution in [2.75, 3.05) is 7.05 Å². The lowest BCUT2D eigenvalue weighted by Crippen LogP contribution is -2.27. The molecule has 1 aromatic heterocycles. The van der Waals surface area contributed by atoms with E-state index >= 15 is 0 Å². The largest absolute Gasteiger partial charge is 0.336 e. The van der Waals surface area contributed by atoms with E-state index in [4.69, 9.17) is 0 Å². The highest BCUT2D eigenvalue weighted by Crippen LogP contribution is 2.17. The van der Waals surface area contributed by atoms with Crippen molar-refractivity contribution in [2.45, 2.75) is 27.3 Å². The molecule has 26 heavy (non-hydrogen) atoms. The van der Waals surface area contributed by atoms with Gasteiger partial charge in [-0.1, -0.05) is 35.9 Å². The number of hydrogen-bond acceptors (Lipinski definition) is 3. The van der Waals surface area contributed by atoms with Gasteiger partial charge >= 0.3 is 0 Å². The van der Waals surface area contributed by atoms with Gasteiger partial charge in [0.2, 0.25) is 0 Å². The normalized spacial score (nSPS) is 10.8. The van der Waals surface area contributed by atoms with Gasteiger partial charge in [0, 0.05) is 19.2 Å². The zero-order valence-electron chi connectivity index (χ0n) is 15.3. The summed E-state index contributed by atoms with van der Waals surface area (Å²) in [6, 6.07) is 12.4.